The average molecular weight is 516 g/mol. The lowest BCUT2D eigenvalue weighted by atomic mass is 9.98. The fourth-order valence-electron chi connectivity index (χ4n) is 5.56. The van der Waals surface area contributed by atoms with Crippen molar-refractivity contribution in [2.75, 3.05) is 18.0 Å². The fourth-order valence-corrected chi connectivity index (χ4v) is 5.56. The molecule has 0 saturated carbocycles. The summed E-state index contributed by atoms with van der Waals surface area (Å²) in [5.41, 5.74) is 3.22. The van der Waals surface area contributed by atoms with E-state index >= 15 is 4.39 Å². The lowest BCUT2D eigenvalue weighted by Crippen LogP contribution is -2.45. The van der Waals surface area contributed by atoms with E-state index in [2.05, 4.69) is 29.2 Å². The molecule has 0 spiro atoms. The molecular weight excluding hydrogens is 477 g/mol. The lowest BCUT2D eigenvalue weighted by Gasteiger charge is -2.41. The third kappa shape index (κ3) is 6.13. The first-order valence-electron chi connectivity index (χ1n) is 13.5. The number of carbonyl (C=O) groups is 2. The lowest BCUT2D eigenvalue weighted by molar-refractivity contribution is 0.0644. The highest BCUT2D eigenvalue weighted by molar-refractivity contribution is 6.01. The summed E-state index contributed by atoms with van der Waals surface area (Å²) in [4.78, 5) is 31.7. The Hall–Kier alpha value is -3.51. The number of aldehydes is 1. The van der Waals surface area contributed by atoms with Crippen LogP contribution < -0.4 is 4.90 Å². The van der Waals surface area contributed by atoms with Gasteiger partial charge in [0.05, 0.1) is 16.9 Å². The molecule has 1 aliphatic heterocycles. The van der Waals surface area contributed by atoms with Gasteiger partial charge in [-0.2, -0.15) is 0 Å². The fraction of sp³-hybridized carbons (Fsp3) is 0.375. The van der Waals surface area contributed by atoms with E-state index in [0.29, 0.717) is 22.5 Å². The van der Waals surface area contributed by atoms with E-state index in [-0.39, 0.29) is 24.0 Å². The number of para-hydroxylation sites is 1. The number of halogens is 1. The summed E-state index contributed by atoms with van der Waals surface area (Å²) in [5, 5.41) is 0. The number of benzene rings is 3. The van der Waals surface area contributed by atoms with Gasteiger partial charge in [-0.15, -0.1) is 0 Å². The van der Waals surface area contributed by atoms with E-state index in [4.69, 9.17) is 0 Å². The molecule has 1 amide bonds. The van der Waals surface area contributed by atoms with Gasteiger partial charge in [-0.05, 0) is 76.4 Å². The molecule has 38 heavy (non-hydrogen) atoms. The van der Waals surface area contributed by atoms with Gasteiger partial charge in [-0.3, -0.25) is 14.5 Å². The van der Waals surface area contributed by atoms with Gasteiger partial charge in [-0.25, -0.2) is 4.39 Å². The molecule has 1 fully saturated rings. The minimum atomic E-state index is -0.408. The number of piperidine rings is 1. The van der Waals surface area contributed by atoms with E-state index < -0.39 is 5.82 Å². The molecular formula is C32H38FN3O2. The summed E-state index contributed by atoms with van der Waals surface area (Å²) < 4.78 is 15.4. The Bertz CT molecular complexity index is 1230. The molecule has 0 atom stereocenters. The molecule has 1 saturated heterocycles. The van der Waals surface area contributed by atoms with Crippen molar-refractivity contribution in [1.82, 2.24) is 9.80 Å². The van der Waals surface area contributed by atoms with Gasteiger partial charge >= 0.3 is 0 Å². The first-order valence-corrected chi connectivity index (χ1v) is 13.5. The van der Waals surface area contributed by atoms with Gasteiger partial charge in [0.2, 0.25) is 0 Å². The number of likely N-dealkylation sites (tertiary alicyclic amines) is 1. The molecule has 200 valence electrons. The zero-order valence-corrected chi connectivity index (χ0v) is 22.8. The Morgan fingerprint density at radius 1 is 0.921 bits per heavy atom. The van der Waals surface area contributed by atoms with Crippen molar-refractivity contribution in [3.8, 4) is 0 Å². The summed E-state index contributed by atoms with van der Waals surface area (Å²) in [6.07, 6.45) is 2.34. The quantitative estimate of drug-likeness (QED) is 0.298. The Morgan fingerprint density at radius 3 is 2.18 bits per heavy atom. The smallest absolute Gasteiger partial charge is 0.256 e. The summed E-state index contributed by atoms with van der Waals surface area (Å²) in [7, 11) is 0. The SMILES string of the molecule is CC(C)N(C(=O)c1ccccc1N(c1cc(C=O)ccc1F)C1CCN(Cc2ccccc2)CC1)C(C)C. The number of amides is 1. The first kappa shape index (κ1) is 27.5. The van der Waals surface area contributed by atoms with Crippen molar-refractivity contribution in [2.45, 2.75) is 65.2 Å². The zero-order valence-electron chi connectivity index (χ0n) is 22.8. The highest BCUT2D eigenvalue weighted by atomic mass is 19.1. The van der Waals surface area contributed by atoms with Crippen LogP contribution in [-0.4, -0.2) is 53.2 Å². The number of nitrogens with zero attached hydrogens (tertiary/aromatic N) is 3. The monoisotopic (exact) mass is 515 g/mol. The third-order valence-electron chi connectivity index (χ3n) is 7.28. The average Bonchev–Trinajstić information content (AvgIpc) is 2.91. The van der Waals surface area contributed by atoms with Crippen LogP contribution in [0.3, 0.4) is 0 Å². The van der Waals surface area contributed by atoms with E-state index in [9.17, 15) is 9.59 Å². The summed E-state index contributed by atoms with van der Waals surface area (Å²) in [6, 6.07) is 22.3. The van der Waals surface area contributed by atoms with Gasteiger partial charge in [-0.1, -0.05) is 42.5 Å². The number of carbonyl (C=O) groups excluding carboxylic acids is 2. The highest BCUT2D eigenvalue weighted by Crippen LogP contribution is 2.37. The second kappa shape index (κ2) is 12.4. The standard InChI is InChI=1S/C32H38FN3O2/c1-23(2)35(24(3)4)32(38)28-12-8-9-13-30(28)36(31-20-26(22-37)14-15-29(31)33)27-16-18-34(19-17-27)21-25-10-6-5-7-11-25/h5-15,20,22-24,27H,16-19,21H2,1-4H3. The second-order valence-corrected chi connectivity index (χ2v) is 10.6. The molecule has 4 rings (SSSR count). The van der Waals surface area contributed by atoms with Gasteiger partial charge in [0.15, 0.2) is 0 Å². The molecule has 6 heteroatoms. The maximum absolute atomic E-state index is 15.4. The van der Waals surface area contributed by atoms with Crippen LogP contribution in [0.5, 0.6) is 0 Å². The van der Waals surface area contributed by atoms with E-state index in [0.717, 1.165) is 38.8 Å². The maximum Gasteiger partial charge on any atom is 0.256 e. The van der Waals surface area contributed by atoms with E-state index in [1.165, 1.54) is 17.7 Å². The van der Waals surface area contributed by atoms with Crippen molar-refractivity contribution in [3.63, 3.8) is 0 Å². The van der Waals surface area contributed by atoms with Gasteiger partial charge in [0, 0.05) is 43.3 Å². The van der Waals surface area contributed by atoms with Crippen LogP contribution in [-0.2, 0) is 6.54 Å². The van der Waals surface area contributed by atoms with Crippen LogP contribution in [0.15, 0.2) is 72.8 Å². The van der Waals surface area contributed by atoms with E-state index in [1.54, 1.807) is 6.07 Å². The summed E-state index contributed by atoms with van der Waals surface area (Å²) in [6.45, 7) is 10.6. The van der Waals surface area contributed by atoms with Crippen molar-refractivity contribution in [3.05, 3.63) is 95.3 Å². The molecule has 0 radical (unpaired) electrons. The Morgan fingerprint density at radius 2 is 1.55 bits per heavy atom. The van der Waals surface area contributed by atoms with Gasteiger partial charge in [0.1, 0.15) is 12.1 Å². The molecule has 0 unspecified atom stereocenters. The van der Waals surface area contributed by atoms with Crippen LogP contribution in [0.4, 0.5) is 15.8 Å². The predicted octanol–water partition coefficient (Wildman–Crippen LogP) is 6.70. The molecule has 3 aromatic rings. The first-order chi connectivity index (χ1) is 18.3. The maximum atomic E-state index is 15.4. The molecule has 1 aliphatic rings. The molecule has 0 aromatic heterocycles. The van der Waals surface area contributed by atoms with Crippen molar-refractivity contribution >= 4 is 23.6 Å². The van der Waals surface area contributed by atoms with Crippen LogP contribution >= 0.6 is 0 Å². The van der Waals surface area contributed by atoms with Crippen molar-refractivity contribution in [2.24, 2.45) is 0 Å². The Kier molecular flexibility index (Phi) is 8.95. The molecule has 3 aromatic carbocycles. The van der Waals surface area contributed by atoms with Crippen LogP contribution in [0.1, 0.15) is 66.8 Å². The van der Waals surface area contributed by atoms with Crippen molar-refractivity contribution < 1.29 is 14.0 Å². The highest BCUT2D eigenvalue weighted by Gasteiger charge is 2.32. The number of hydrogen-bond acceptors (Lipinski definition) is 4. The van der Waals surface area contributed by atoms with Crippen LogP contribution in [0.25, 0.3) is 0 Å². The zero-order chi connectivity index (χ0) is 27.2. The molecule has 1 heterocycles. The predicted molar refractivity (Wildman–Crippen MR) is 152 cm³/mol. The van der Waals surface area contributed by atoms with E-state index in [1.807, 2.05) is 67.8 Å². The summed E-state index contributed by atoms with van der Waals surface area (Å²) >= 11 is 0. The molecule has 0 aliphatic carbocycles. The topological polar surface area (TPSA) is 43.9 Å². The second-order valence-electron chi connectivity index (χ2n) is 10.6. The largest absolute Gasteiger partial charge is 0.335 e. The third-order valence-corrected chi connectivity index (χ3v) is 7.28. The normalized spacial score (nSPS) is 14.6. The minimum absolute atomic E-state index is 0.0142. The van der Waals surface area contributed by atoms with Crippen LogP contribution in [0, 0.1) is 5.82 Å². The number of rotatable bonds is 9. The summed E-state index contributed by atoms with van der Waals surface area (Å²) in [5.74, 6) is -0.488. The van der Waals surface area contributed by atoms with Crippen LogP contribution in [0.2, 0.25) is 0 Å². The molecule has 5 nitrogen and oxygen atoms in total. The van der Waals surface area contributed by atoms with Crippen molar-refractivity contribution in [1.29, 1.82) is 0 Å². The number of anilines is 2. The minimum Gasteiger partial charge on any atom is -0.335 e. The number of hydrogen-bond donors (Lipinski definition) is 0. The van der Waals surface area contributed by atoms with Gasteiger partial charge < -0.3 is 9.80 Å². The molecule has 0 N–H and O–H groups in total. The Labute approximate surface area is 225 Å². The molecule has 0 bridgehead atoms. The van der Waals surface area contributed by atoms with Gasteiger partial charge in [0.25, 0.3) is 5.91 Å². The Balaban J connectivity index is 1.72.